The number of carbonyl (C=O) groups is 2. The Bertz CT molecular complexity index is 674. The van der Waals surface area contributed by atoms with Crippen LogP contribution in [0.25, 0.3) is 10.9 Å². The van der Waals surface area contributed by atoms with Gasteiger partial charge in [-0.2, -0.15) is 0 Å². The second-order valence-corrected chi connectivity index (χ2v) is 5.99. The van der Waals surface area contributed by atoms with Crippen LogP contribution in [0, 0.1) is 0 Å². The molecule has 0 amide bonds. The molecule has 0 saturated heterocycles. The Hall–Kier alpha value is -1.46. The summed E-state index contributed by atoms with van der Waals surface area (Å²) in [6.45, 7) is 0.668. The first-order chi connectivity index (χ1) is 9.45. The predicted molar refractivity (Wildman–Crippen MR) is 83.5 cm³/mol. The molecule has 0 fully saturated rings. The number of benzene rings is 1. The molecule has 106 valence electrons. The topological polar surface area (TPSA) is 42.3 Å². The number of aromatic nitrogens is 1. The standard InChI is InChI=1S/C15H17BrN2O2/c1-17(2)7-6-14(20)15-11-8-10(16)4-5-12(11)18(3)13(15)9-19/h4-5,8-9H,6-7H2,1-3H3. The van der Waals surface area contributed by atoms with Crippen molar-refractivity contribution in [2.75, 3.05) is 20.6 Å². The van der Waals surface area contributed by atoms with Gasteiger partial charge in [0.25, 0.3) is 0 Å². The number of rotatable bonds is 5. The van der Waals surface area contributed by atoms with E-state index in [1.54, 1.807) is 4.57 Å². The maximum Gasteiger partial charge on any atom is 0.167 e. The van der Waals surface area contributed by atoms with Gasteiger partial charge in [-0.1, -0.05) is 15.9 Å². The van der Waals surface area contributed by atoms with Crippen molar-refractivity contribution in [3.63, 3.8) is 0 Å². The average molecular weight is 337 g/mol. The van der Waals surface area contributed by atoms with Gasteiger partial charge >= 0.3 is 0 Å². The number of halogens is 1. The molecular weight excluding hydrogens is 320 g/mol. The Kier molecular flexibility index (Phi) is 4.40. The zero-order valence-electron chi connectivity index (χ0n) is 11.8. The van der Waals surface area contributed by atoms with Crippen molar-refractivity contribution in [1.82, 2.24) is 9.47 Å². The number of nitrogens with zero attached hydrogens (tertiary/aromatic N) is 2. The van der Waals surface area contributed by atoms with Crippen LogP contribution in [0.1, 0.15) is 27.3 Å². The molecule has 0 aliphatic carbocycles. The number of fused-ring (bicyclic) bond motifs is 1. The minimum Gasteiger partial charge on any atom is -0.341 e. The highest BCUT2D eigenvalue weighted by Gasteiger charge is 2.20. The second kappa shape index (κ2) is 5.89. The van der Waals surface area contributed by atoms with Crippen molar-refractivity contribution in [2.45, 2.75) is 6.42 Å². The molecule has 20 heavy (non-hydrogen) atoms. The van der Waals surface area contributed by atoms with Gasteiger partial charge in [0.05, 0.1) is 11.3 Å². The van der Waals surface area contributed by atoms with Gasteiger partial charge in [0.2, 0.25) is 0 Å². The van der Waals surface area contributed by atoms with Crippen molar-refractivity contribution in [1.29, 1.82) is 0 Å². The summed E-state index contributed by atoms with van der Waals surface area (Å²) >= 11 is 3.42. The fourth-order valence-electron chi connectivity index (χ4n) is 2.32. The Balaban J connectivity index is 2.58. The van der Waals surface area contributed by atoms with Gasteiger partial charge in [-0.3, -0.25) is 9.59 Å². The van der Waals surface area contributed by atoms with Gasteiger partial charge in [0.1, 0.15) is 0 Å². The minimum atomic E-state index is 0.00417. The summed E-state index contributed by atoms with van der Waals surface area (Å²) in [5, 5.41) is 0.827. The smallest absolute Gasteiger partial charge is 0.167 e. The second-order valence-electron chi connectivity index (χ2n) is 5.08. The van der Waals surface area contributed by atoms with E-state index in [-0.39, 0.29) is 5.78 Å². The van der Waals surface area contributed by atoms with E-state index in [9.17, 15) is 9.59 Å². The van der Waals surface area contributed by atoms with Crippen LogP contribution in [-0.4, -0.2) is 42.2 Å². The van der Waals surface area contributed by atoms with Crippen LogP contribution in [-0.2, 0) is 7.05 Å². The molecule has 2 aromatic rings. The van der Waals surface area contributed by atoms with Gasteiger partial charge in [0, 0.05) is 35.4 Å². The number of hydrogen-bond acceptors (Lipinski definition) is 3. The van der Waals surface area contributed by atoms with Crippen molar-refractivity contribution in [3.05, 3.63) is 33.9 Å². The fraction of sp³-hybridized carbons (Fsp3) is 0.333. The van der Waals surface area contributed by atoms with E-state index in [0.717, 1.165) is 21.7 Å². The van der Waals surface area contributed by atoms with Gasteiger partial charge in [0.15, 0.2) is 12.1 Å². The molecule has 1 aromatic carbocycles. The van der Waals surface area contributed by atoms with Crippen LogP contribution >= 0.6 is 15.9 Å². The Labute approximate surface area is 126 Å². The summed E-state index contributed by atoms with van der Waals surface area (Å²) < 4.78 is 2.67. The molecule has 0 unspecified atom stereocenters. The number of hydrogen-bond donors (Lipinski definition) is 0. The monoisotopic (exact) mass is 336 g/mol. The van der Waals surface area contributed by atoms with Gasteiger partial charge in [-0.25, -0.2) is 0 Å². The van der Waals surface area contributed by atoms with Crippen molar-refractivity contribution in [3.8, 4) is 0 Å². The van der Waals surface area contributed by atoms with Crippen molar-refractivity contribution < 1.29 is 9.59 Å². The van der Waals surface area contributed by atoms with E-state index >= 15 is 0 Å². The summed E-state index contributed by atoms with van der Waals surface area (Å²) in [4.78, 5) is 25.8. The largest absolute Gasteiger partial charge is 0.341 e. The highest BCUT2D eigenvalue weighted by atomic mass is 79.9. The molecule has 2 rings (SSSR count). The summed E-state index contributed by atoms with van der Waals surface area (Å²) in [5.74, 6) is 0.00417. The lowest BCUT2D eigenvalue weighted by atomic mass is 10.0. The third-order valence-electron chi connectivity index (χ3n) is 3.38. The summed E-state index contributed by atoms with van der Waals surface area (Å²) in [7, 11) is 5.66. The lowest BCUT2D eigenvalue weighted by molar-refractivity contribution is 0.0967. The lowest BCUT2D eigenvalue weighted by Gasteiger charge is -2.08. The molecule has 0 bridgehead atoms. The lowest BCUT2D eigenvalue weighted by Crippen LogP contribution is -2.17. The normalized spacial score (nSPS) is 11.2. The van der Waals surface area contributed by atoms with Crippen molar-refractivity contribution in [2.24, 2.45) is 7.05 Å². The Morgan fingerprint density at radius 3 is 2.70 bits per heavy atom. The quantitative estimate of drug-likeness (QED) is 0.622. The number of aldehydes is 1. The number of Topliss-reactive ketones (excluding diaryl/α,β-unsaturated/α-hetero) is 1. The van der Waals surface area contributed by atoms with Crippen LogP contribution in [0.4, 0.5) is 0 Å². The summed E-state index contributed by atoms with van der Waals surface area (Å²) in [6, 6.07) is 5.71. The van der Waals surface area contributed by atoms with Crippen LogP contribution in [0.3, 0.4) is 0 Å². The molecule has 1 heterocycles. The van der Waals surface area contributed by atoms with Gasteiger partial charge in [-0.15, -0.1) is 0 Å². The van der Waals surface area contributed by atoms with Gasteiger partial charge in [-0.05, 0) is 32.3 Å². The first-order valence-corrected chi connectivity index (χ1v) is 7.16. The van der Waals surface area contributed by atoms with E-state index in [1.807, 2.05) is 44.2 Å². The maximum absolute atomic E-state index is 12.5. The summed E-state index contributed by atoms with van der Waals surface area (Å²) in [6.07, 6.45) is 1.16. The Morgan fingerprint density at radius 1 is 1.40 bits per heavy atom. The molecular formula is C15H17BrN2O2. The molecule has 4 nitrogen and oxygen atoms in total. The van der Waals surface area contributed by atoms with E-state index < -0.39 is 0 Å². The van der Waals surface area contributed by atoms with E-state index in [0.29, 0.717) is 24.2 Å². The third kappa shape index (κ3) is 2.69. The molecule has 0 spiro atoms. The Morgan fingerprint density at radius 2 is 2.10 bits per heavy atom. The fourth-order valence-corrected chi connectivity index (χ4v) is 2.68. The van der Waals surface area contributed by atoms with E-state index in [2.05, 4.69) is 15.9 Å². The minimum absolute atomic E-state index is 0.00417. The van der Waals surface area contributed by atoms with Crippen LogP contribution in [0.15, 0.2) is 22.7 Å². The highest BCUT2D eigenvalue weighted by Crippen LogP contribution is 2.28. The van der Waals surface area contributed by atoms with Crippen LogP contribution < -0.4 is 0 Å². The molecule has 0 aliphatic rings. The molecule has 0 saturated carbocycles. The zero-order valence-corrected chi connectivity index (χ0v) is 13.4. The van der Waals surface area contributed by atoms with Crippen LogP contribution in [0.2, 0.25) is 0 Å². The zero-order chi connectivity index (χ0) is 14.9. The molecule has 0 atom stereocenters. The highest BCUT2D eigenvalue weighted by molar-refractivity contribution is 9.10. The molecule has 1 aromatic heterocycles. The molecule has 0 aliphatic heterocycles. The van der Waals surface area contributed by atoms with Crippen LogP contribution in [0.5, 0.6) is 0 Å². The molecule has 0 N–H and O–H groups in total. The number of ketones is 1. The van der Waals surface area contributed by atoms with E-state index in [4.69, 9.17) is 0 Å². The third-order valence-corrected chi connectivity index (χ3v) is 3.88. The molecule has 0 radical (unpaired) electrons. The summed E-state index contributed by atoms with van der Waals surface area (Å²) in [5.41, 5.74) is 1.87. The predicted octanol–water partition coefficient (Wildman–Crippen LogP) is 2.89. The number of aryl methyl sites for hydroxylation is 1. The van der Waals surface area contributed by atoms with Crippen molar-refractivity contribution >= 4 is 38.9 Å². The first kappa shape index (κ1) is 14.9. The maximum atomic E-state index is 12.5. The van der Waals surface area contributed by atoms with E-state index in [1.165, 1.54) is 0 Å². The first-order valence-electron chi connectivity index (χ1n) is 6.36. The van der Waals surface area contributed by atoms with Gasteiger partial charge < -0.3 is 9.47 Å². The molecule has 5 heteroatoms. The SMILES string of the molecule is CN(C)CCC(=O)c1c(C=O)n(C)c2ccc(Br)cc12. The number of carbonyl (C=O) groups excluding carboxylic acids is 2. The average Bonchev–Trinajstić information content (AvgIpc) is 2.68.